The van der Waals surface area contributed by atoms with E-state index in [2.05, 4.69) is 20.9 Å². The lowest BCUT2D eigenvalue weighted by molar-refractivity contribution is 0.149. The van der Waals surface area contributed by atoms with Crippen molar-refractivity contribution in [3.63, 3.8) is 0 Å². The van der Waals surface area contributed by atoms with Gasteiger partial charge in [-0.2, -0.15) is 0 Å². The van der Waals surface area contributed by atoms with Gasteiger partial charge in [0.05, 0.1) is 10.2 Å². The molecule has 0 aliphatic carbocycles. The van der Waals surface area contributed by atoms with Crippen molar-refractivity contribution in [2.45, 2.75) is 6.43 Å². The van der Waals surface area contributed by atoms with Crippen molar-refractivity contribution in [3.05, 3.63) is 31.6 Å². The highest BCUT2D eigenvalue weighted by atomic mass is 79.9. The van der Waals surface area contributed by atoms with Crippen LogP contribution in [-0.4, -0.2) is 4.98 Å². The van der Waals surface area contributed by atoms with Crippen molar-refractivity contribution in [2.24, 2.45) is 0 Å². The van der Waals surface area contributed by atoms with Crippen LogP contribution in [0.3, 0.4) is 0 Å². The van der Waals surface area contributed by atoms with Crippen LogP contribution in [-0.2, 0) is 0 Å². The Balaban J connectivity index is 3.39. The molecule has 0 aliphatic heterocycles. The fraction of sp³-hybridized carbons (Fsp3) is 0.167. The molecular weight excluding hydrogens is 255 g/mol. The minimum Gasteiger partial charge on any atom is -0.340 e. The van der Waals surface area contributed by atoms with Crippen LogP contribution in [0.4, 0.5) is 8.78 Å². The fourth-order valence-corrected chi connectivity index (χ4v) is 1.60. The van der Waals surface area contributed by atoms with Crippen molar-refractivity contribution < 1.29 is 8.78 Å². The van der Waals surface area contributed by atoms with E-state index in [1.807, 2.05) is 0 Å². The number of hydrogen-bond acceptors (Lipinski definition) is 1. The molecule has 1 heterocycles. The number of alkyl halides is 2. The fourth-order valence-electron chi connectivity index (χ4n) is 0.713. The van der Waals surface area contributed by atoms with E-state index in [9.17, 15) is 13.6 Å². The SMILES string of the molecule is O=c1cc(Cl)[nH]c(Br)c1C(F)F. The molecular formula is C6H3BrClF2NO. The van der Waals surface area contributed by atoms with Gasteiger partial charge >= 0.3 is 0 Å². The number of hydrogen-bond donors (Lipinski definition) is 1. The van der Waals surface area contributed by atoms with Gasteiger partial charge in [0.1, 0.15) is 5.15 Å². The Bertz CT molecular complexity index is 352. The molecule has 1 aromatic rings. The maximum Gasteiger partial charge on any atom is 0.270 e. The van der Waals surface area contributed by atoms with E-state index in [1.54, 1.807) is 0 Å². The van der Waals surface area contributed by atoms with E-state index < -0.39 is 17.4 Å². The average Bonchev–Trinajstić information content (AvgIpc) is 1.82. The van der Waals surface area contributed by atoms with Gasteiger partial charge in [-0.1, -0.05) is 11.6 Å². The largest absolute Gasteiger partial charge is 0.340 e. The molecule has 6 heteroatoms. The molecule has 1 rings (SSSR count). The summed E-state index contributed by atoms with van der Waals surface area (Å²) in [5.41, 5.74) is -1.37. The Morgan fingerprint density at radius 3 is 2.58 bits per heavy atom. The first-order chi connectivity index (χ1) is 5.52. The highest BCUT2D eigenvalue weighted by molar-refractivity contribution is 9.10. The lowest BCUT2D eigenvalue weighted by Crippen LogP contribution is -2.10. The minimum absolute atomic E-state index is 0.0243. The summed E-state index contributed by atoms with van der Waals surface area (Å²) in [4.78, 5) is 13.3. The third-order valence-electron chi connectivity index (χ3n) is 1.21. The number of aromatic amines is 1. The second kappa shape index (κ2) is 3.53. The summed E-state index contributed by atoms with van der Waals surface area (Å²) in [5, 5.41) is 0.0243. The third kappa shape index (κ3) is 1.84. The van der Waals surface area contributed by atoms with Crippen molar-refractivity contribution in [1.29, 1.82) is 0 Å². The summed E-state index contributed by atoms with van der Waals surface area (Å²) < 4.78 is 24.2. The van der Waals surface area contributed by atoms with Gasteiger partial charge in [0, 0.05) is 6.07 Å². The molecule has 12 heavy (non-hydrogen) atoms. The summed E-state index contributed by atoms with van der Waals surface area (Å²) in [6, 6.07) is 0.911. The Kier molecular flexibility index (Phi) is 2.85. The van der Waals surface area contributed by atoms with Crippen LogP contribution in [0.25, 0.3) is 0 Å². The van der Waals surface area contributed by atoms with Crippen molar-refractivity contribution in [3.8, 4) is 0 Å². The van der Waals surface area contributed by atoms with Gasteiger partial charge in [-0.05, 0) is 15.9 Å². The van der Waals surface area contributed by atoms with Gasteiger partial charge in [0.15, 0.2) is 5.43 Å². The third-order valence-corrected chi connectivity index (χ3v) is 2.04. The number of nitrogens with one attached hydrogen (secondary N) is 1. The number of rotatable bonds is 1. The zero-order valence-corrected chi connectivity index (χ0v) is 7.92. The van der Waals surface area contributed by atoms with Crippen LogP contribution in [0.2, 0.25) is 5.15 Å². The summed E-state index contributed by atoms with van der Waals surface area (Å²) in [7, 11) is 0. The quantitative estimate of drug-likeness (QED) is 0.772. The lowest BCUT2D eigenvalue weighted by atomic mass is 10.3. The first-order valence-electron chi connectivity index (χ1n) is 2.88. The van der Waals surface area contributed by atoms with Crippen LogP contribution >= 0.6 is 27.5 Å². The molecule has 0 saturated carbocycles. The molecule has 0 amide bonds. The number of pyridine rings is 1. The van der Waals surface area contributed by atoms with Crippen LogP contribution < -0.4 is 5.43 Å². The topological polar surface area (TPSA) is 32.9 Å². The second-order valence-electron chi connectivity index (χ2n) is 2.01. The van der Waals surface area contributed by atoms with Gasteiger partial charge in [-0.15, -0.1) is 0 Å². The Morgan fingerprint density at radius 2 is 2.17 bits per heavy atom. The molecule has 0 radical (unpaired) electrons. The van der Waals surface area contributed by atoms with Gasteiger partial charge in [0.25, 0.3) is 6.43 Å². The summed E-state index contributed by atoms with van der Waals surface area (Å²) in [5.74, 6) is 0. The van der Waals surface area contributed by atoms with Crippen LogP contribution in [0.1, 0.15) is 12.0 Å². The molecule has 0 atom stereocenters. The van der Waals surface area contributed by atoms with Crippen molar-refractivity contribution in [1.82, 2.24) is 4.98 Å². The molecule has 0 aromatic carbocycles. The molecule has 1 aromatic heterocycles. The van der Waals surface area contributed by atoms with E-state index in [-0.39, 0.29) is 9.76 Å². The minimum atomic E-state index is -2.81. The molecule has 2 nitrogen and oxygen atoms in total. The zero-order valence-electron chi connectivity index (χ0n) is 5.57. The normalized spacial score (nSPS) is 10.8. The zero-order chi connectivity index (χ0) is 9.30. The Hall–Kier alpha value is -0.420. The van der Waals surface area contributed by atoms with E-state index in [4.69, 9.17) is 11.6 Å². The first-order valence-corrected chi connectivity index (χ1v) is 4.06. The summed E-state index contributed by atoms with van der Waals surface area (Å²) in [6.07, 6.45) is -2.81. The number of aromatic nitrogens is 1. The maximum atomic E-state index is 12.1. The van der Waals surface area contributed by atoms with E-state index in [0.717, 1.165) is 6.07 Å². The van der Waals surface area contributed by atoms with Crippen molar-refractivity contribution in [2.75, 3.05) is 0 Å². The molecule has 66 valence electrons. The predicted molar refractivity (Wildman–Crippen MR) is 44.7 cm³/mol. The first kappa shape index (κ1) is 9.67. The van der Waals surface area contributed by atoms with Gasteiger partial charge in [-0.25, -0.2) is 8.78 Å². The van der Waals surface area contributed by atoms with E-state index in [0.29, 0.717) is 0 Å². The Morgan fingerprint density at radius 1 is 1.58 bits per heavy atom. The molecule has 0 saturated heterocycles. The van der Waals surface area contributed by atoms with E-state index in [1.165, 1.54) is 0 Å². The standard InChI is InChI=1S/C6H3BrClF2NO/c7-5-4(6(9)10)2(12)1-3(8)11-5/h1,6H,(H,11,12). The van der Waals surface area contributed by atoms with Crippen LogP contribution in [0, 0.1) is 0 Å². The van der Waals surface area contributed by atoms with Gasteiger partial charge in [0.2, 0.25) is 0 Å². The summed E-state index contributed by atoms with van der Waals surface area (Å²) >= 11 is 8.17. The molecule has 0 fully saturated rings. The lowest BCUT2D eigenvalue weighted by Gasteiger charge is -2.01. The van der Waals surface area contributed by atoms with Gasteiger partial charge < -0.3 is 4.98 Å². The van der Waals surface area contributed by atoms with Crippen LogP contribution in [0.15, 0.2) is 15.5 Å². The summed E-state index contributed by atoms with van der Waals surface area (Å²) in [6.45, 7) is 0. The van der Waals surface area contributed by atoms with Crippen LogP contribution in [0.5, 0.6) is 0 Å². The second-order valence-corrected chi connectivity index (χ2v) is 3.21. The van der Waals surface area contributed by atoms with E-state index >= 15 is 0 Å². The van der Waals surface area contributed by atoms with Crippen molar-refractivity contribution >= 4 is 27.5 Å². The monoisotopic (exact) mass is 257 g/mol. The molecule has 1 N–H and O–H groups in total. The van der Waals surface area contributed by atoms with Gasteiger partial charge in [-0.3, -0.25) is 4.79 Å². The Labute approximate surface area is 79.7 Å². The maximum absolute atomic E-state index is 12.1. The average molecular weight is 258 g/mol. The highest BCUT2D eigenvalue weighted by Gasteiger charge is 2.16. The predicted octanol–water partition coefficient (Wildman–Crippen LogP) is 2.73. The number of halogens is 4. The molecule has 0 bridgehead atoms. The molecule has 0 aliphatic rings. The number of H-pyrrole nitrogens is 1. The smallest absolute Gasteiger partial charge is 0.270 e. The highest BCUT2D eigenvalue weighted by Crippen LogP contribution is 2.23. The molecule has 0 unspecified atom stereocenters. The molecule has 0 spiro atoms.